The van der Waals surface area contributed by atoms with Gasteiger partial charge in [0.25, 0.3) is 0 Å². The van der Waals surface area contributed by atoms with Crippen molar-refractivity contribution in [2.24, 2.45) is 5.73 Å². The number of nitrogens with zero attached hydrogens (tertiary/aromatic N) is 2. The highest BCUT2D eigenvalue weighted by Crippen LogP contribution is 2.35. The van der Waals surface area contributed by atoms with Crippen molar-refractivity contribution in [1.29, 1.82) is 0 Å². The fourth-order valence-electron chi connectivity index (χ4n) is 3.84. The second-order valence-electron chi connectivity index (χ2n) is 7.75. The number of aromatic amines is 1. The van der Waals surface area contributed by atoms with E-state index in [-0.39, 0.29) is 12.9 Å². The molecule has 8 nitrogen and oxygen atoms in total. The fourth-order valence-corrected chi connectivity index (χ4v) is 3.84. The number of primary amides is 1. The lowest BCUT2D eigenvalue weighted by Crippen LogP contribution is -2.12. The highest BCUT2D eigenvalue weighted by molar-refractivity contribution is 5.93. The van der Waals surface area contributed by atoms with Gasteiger partial charge in [-0.3, -0.25) is 9.78 Å². The van der Waals surface area contributed by atoms with E-state index in [0.29, 0.717) is 18.5 Å². The predicted octanol–water partition coefficient (Wildman–Crippen LogP) is 3.54. The first kappa shape index (κ1) is 20.0. The Morgan fingerprint density at radius 1 is 1.19 bits per heavy atom. The third kappa shape index (κ3) is 4.00. The number of anilines is 1. The summed E-state index contributed by atoms with van der Waals surface area (Å²) in [5, 5.41) is 3.33. The van der Waals surface area contributed by atoms with E-state index in [9.17, 15) is 4.79 Å². The molecule has 162 valence electrons. The highest BCUT2D eigenvalue weighted by Gasteiger charge is 2.29. The Balaban J connectivity index is 1.44. The average molecular weight is 429 g/mol. The van der Waals surface area contributed by atoms with Crippen molar-refractivity contribution < 1.29 is 14.3 Å². The summed E-state index contributed by atoms with van der Waals surface area (Å²) in [6, 6.07) is 13.0. The second kappa shape index (κ2) is 8.32. The van der Waals surface area contributed by atoms with E-state index in [1.54, 1.807) is 12.1 Å². The SMILES string of the molecule is Cc1cccc(-c2[nH]c(CNc3ccc(C(N)=O)cc3)nc2C2=CC=C3OCOC3C2)n1. The molecule has 3 heterocycles. The van der Waals surface area contributed by atoms with E-state index in [0.717, 1.165) is 45.6 Å². The van der Waals surface area contributed by atoms with Gasteiger partial charge >= 0.3 is 0 Å². The van der Waals surface area contributed by atoms with Gasteiger partial charge in [0.1, 0.15) is 17.7 Å². The molecule has 2 aliphatic rings. The van der Waals surface area contributed by atoms with Crippen LogP contribution < -0.4 is 11.1 Å². The van der Waals surface area contributed by atoms with Gasteiger partial charge in [-0.25, -0.2) is 4.98 Å². The number of nitrogens with one attached hydrogen (secondary N) is 2. The van der Waals surface area contributed by atoms with Crippen molar-refractivity contribution >= 4 is 17.2 Å². The van der Waals surface area contributed by atoms with Crippen molar-refractivity contribution in [3.63, 3.8) is 0 Å². The van der Waals surface area contributed by atoms with Crippen LogP contribution in [0, 0.1) is 6.92 Å². The van der Waals surface area contributed by atoms with Crippen LogP contribution in [0.3, 0.4) is 0 Å². The molecule has 1 fully saturated rings. The Morgan fingerprint density at radius 2 is 2.03 bits per heavy atom. The fraction of sp³-hybridized carbons (Fsp3) is 0.208. The van der Waals surface area contributed by atoms with E-state index < -0.39 is 5.91 Å². The van der Waals surface area contributed by atoms with Gasteiger partial charge in [-0.2, -0.15) is 0 Å². The van der Waals surface area contributed by atoms with Crippen molar-refractivity contribution in [1.82, 2.24) is 15.0 Å². The lowest BCUT2D eigenvalue weighted by Gasteiger charge is -2.15. The average Bonchev–Trinajstić information content (AvgIpc) is 3.44. The molecule has 1 aromatic carbocycles. The summed E-state index contributed by atoms with van der Waals surface area (Å²) in [5.74, 6) is 1.19. The van der Waals surface area contributed by atoms with Gasteiger partial charge in [0.2, 0.25) is 5.91 Å². The van der Waals surface area contributed by atoms with Crippen LogP contribution in [0.15, 0.2) is 60.4 Å². The predicted molar refractivity (Wildman–Crippen MR) is 120 cm³/mol. The monoisotopic (exact) mass is 429 g/mol. The minimum atomic E-state index is -0.447. The molecule has 3 aromatic rings. The molecule has 8 heteroatoms. The van der Waals surface area contributed by atoms with Crippen LogP contribution in [0.5, 0.6) is 0 Å². The van der Waals surface area contributed by atoms with Crippen LogP contribution in [-0.2, 0) is 16.0 Å². The molecule has 2 aromatic heterocycles. The number of amides is 1. The maximum Gasteiger partial charge on any atom is 0.248 e. The molecule has 5 rings (SSSR count). The summed E-state index contributed by atoms with van der Waals surface area (Å²) < 4.78 is 11.2. The molecule has 0 saturated carbocycles. The summed E-state index contributed by atoms with van der Waals surface area (Å²) in [6.45, 7) is 2.73. The number of rotatable bonds is 6. The number of imidazole rings is 1. The van der Waals surface area contributed by atoms with Crippen molar-refractivity contribution in [3.05, 3.63) is 83.2 Å². The minimum absolute atomic E-state index is 0.0737. The molecule has 1 saturated heterocycles. The number of pyridine rings is 1. The molecule has 4 N–H and O–H groups in total. The largest absolute Gasteiger partial charge is 0.469 e. The summed E-state index contributed by atoms with van der Waals surface area (Å²) >= 11 is 0. The normalized spacial score (nSPS) is 17.2. The number of carbonyl (C=O) groups excluding carboxylic acids is 1. The van der Waals surface area contributed by atoms with Crippen LogP contribution in [0.1, 0.15) is 34.0 Å². The zero-order chi connectivity index (χ0) is 22.1. The number of aromatic nitrogens is 3. The number of hydrogen-bond donors (Lipinski definition) is 3. The zero-order valence-electron chi connectivity index (χ0n) is 17.6. The molecule has 32 heavy (non-hydrogen) atoms. The smallest absolute Gasteiger partial charge is 0.248 e. The first-order valence-corrected chi connectivity index (χ1v) is 10.4. The summed E-state index contributed by atoms with van der Waals surface area (Å²) in [5.41, 5.74) is 11.2. The maximum absolute atomic E-state index is 11.3. The van der Waals surface area contributed by atoms with Gasteiger partial charge in [0.05, 0.1) is 23.6 Å². The molecule has 1 unspecified atom stereocenters. The molecule has 0 bridgehead atoms. The first-order chi connectivity index (χ1) is 15.6. The van der Waals surface area contributed by atoms with Crippen LogP contribution >= 0.6 is 0 Å². The second-order valence-corrected chi connectivity index (χ2v) is 7.75. The van der Waals surface area contributed by atoms with Gasteiger partial charge in [-0.15, -0.1) is 0 Å². The standard InChI is InChI=1S/C24H23N5O3/c1-14-3-2-4-18(27-14)23-22(16-7-10-19-20(11-16)32-13-31-19)28-21(29-23)12-26-17-8-5-15(6-9-17)24(25)30/h2-10,20,26H,11-13H2,1H3,(H2,25,30)(H,28,29). The Kier molecular flexibility index (Phi) is 5.20. The maximum atomic E-state index is 11.3. The van der Waals surface area contributed by atoms with E-state index in [1.807, 2.05) is 49.4 Å². The Labute approximate surface area is 185 Å². The zero-order valence-corrected chi connectivity index (χ0v) is 17.6. The van der Waals surface area contributed by atoms with Crippen LogP contribution in [-0.4, -0.2) is 33.8 Å². The van der Waals surface area contributed by atoms with Crippen molar-refractivity contribution in [2.45, 2.75) is 26.0 Å². The van der Waals surface area contributed by atoms with Gasteiger partial charge < -0.3 is 25.5 Å². The molecule has 1 amide bonds. The number of fused-ring (bicyclic) bond motifs is 1. The third-order valence-electron chi connectivity index (χ3n) is 5.50. The minimum Gasteiger partial charge on any atom is -0.469 e. The Morgan fingerprint density at radius 3 is 2.81 bits per heavy atom. The summed E-state index contributed by atoms with van der Waals surface area (Å²) in [7, 11) is 0. The van der Waals surface area contributed by atoms with Crippen molar-refractivity contribution in [3.8, 4) is 11.4 Å². The Hall–Kier alpha value is -3.91. The Bertz CT molecular complexity index is 1230. The molecule has 0 radical (unpaired) electrons. The number of hydrogen-bond acceptors (Lipinski definition) is 6. The number of ether oxygens (including phenoxy) is 2. The molecule has 1 aliphatic carbocycles. The van der Waals surface area contributed by atoms with Crippen LogP contribution in [0.4, 0.5) is 5.69 Å². The van der Waals surface area contributed by atoms with Gasteiger partial charge in [0.15, 0.2) is 6.79 Å². The van der Waals surface area contributed by atoms with Gasteiger partial charge in [0, 0.05) is 23.4 Å². The number of carbonyl (C=O) groups is 1. The van der Waals surface area contributed by atoms with E-state index in [4.69, 9.17) is 20.2 Å². The first-order valence-electron chi connectivity index (χ1n) is 10.4. The number of allylic oxidation sites excluding steroid dienone is 2. The highest BCUT2D eigenvalue weighted by atomic mass is 16.7. The summed E-state index contributed by atoms with van der Waals surface area (Å²) in [6.07, 6.45) is 4.61. The molecule has 1 atom stereocenters. The van der Waals surface area contributed by atoms with E-state index in [2.05, 4.69) is 15.3 Å². The molecule has 0 spiro atoms. The van der Waals surface area contributed by atoms with Crippen molar-refractivity contribution in [2.75, 3.05) is 12.1 Å². The quantitative estimate of drug-likeness (QED) is 0.552. The topological polar surface area (TPSA) is 115 Å². The van der Waals surface area contributed by atoms with Gasteiger partial charge in [-0.05, 0) is 55.0 Å². The van der Waals surface area contributed by atoms with E-state index >= 15 is 0 Å². The lowest BCUT2D eigenvalue weighted by molar-refractivity contribution is 0.0515. The van der Waals surface area contributed by atoms with Crippen LogP contribution in [0.25, 0.3) is 17.0 Å². The van der Waals surface area contributed by atoms with Crippen LogP contribution in [0.2, 0.25) is 0 Å². The molecular formula is C24H23N5O3. The number of benzene rings is 1. The van der Waals surface area contributed by atoms with Gasteiger partial charge in [-0.1, -0.05) is 12.1 Å². The lowest BCUT2D eigenvalue weighted by atomic mass is 9.97. The number of aryl methyl sites for hydroxylation is 1. The summed E-state index contributed by atoms with van der Waals surface area (Å²) in [4.78, 5) is 24.3. The third-order valence-corrected chi connectivity index (χ3v) is 5.50. The molecular weight excluding hydrogens is 406 g/mol. The number of nitrogens with two attached hydrogens (primary N) is 1. The number of H-pyrrole nitrogens is 1. The van der Waals surface area contributed by atoms with E-state index in [1.165, 1.54) is 0 Å². The molecule has 1 aliphatic heterocycles.